The molecule has 0 aliphatic heterocycles. The fraction of sp³-hybridized carbons (Fsp3) is 0.357. The molecule has 5 nitrogen and oxygen atoms in total. The lowest BCUT2D eigenvalue weighted by molar-refractivity contribution is -0.137. The molecule has 2 N–H and O–H groups in total. The van der Waals surface area contributed by atoms with Crippen molar-refractivity contribution in [2.45, 2.75) is 32.6 Å². The van der Waals surface area contributed by atoms with E-state index in [0.29, 0.717) is 24.1 Å². The highest BCUT2D eigenvalue weighted by atomic mass is 16.4. The van der Waals surface area contributed by atoms with Crippen LogP contribution in [0.4, 0.5) is 5.69 Å². The van der Waals surface area contributed by atoms with E-state index in [9.17, 15) is 9.59 Å². The molecule has 0 saturated carbocycles. The number of nitrogens with one attached hydrogen (secondary N) is 1. The van der Waals surface area contributed by atoms with Crippen molar-refractivity contribution in [2.24, 2.45) is 0 Å². The third-order valence-electron chi connectivity index (χ3n) is 2.69. The first kappa shape index (κ1) is 14.7. The molecule has 5 heteroatoms. The number of unbranched alkanes of at least 4 members (excludes halogenated alkanes) is 1. The smallest absolute Gasteiger partial charge is 0.303 e. The van der Waals surface area contributed by atoms with Gasteiger partial charge < -0.3 is 10.4 Å². The Labute approximate surface area is 111 Å². The van der Waals surface area contributed by atoms with Gasteiger partial charge in [-0.3, -0.25) is 9.59 Å². The predicted octanol–water partition coefficient (Wildman–Crippen LogP) is 2.45. The zero-order valence-electron chi connectivity index (χ0n) is 10.8. The molecule has 0 radical (unpaired) electrons. The maximum absolute atomic E-state index is 11.7. The lowest BCUT2D eigenvalue weighted by Crippen LogP contribution is -2.12. The second-order valence-corrected chi connectivity index (χ2v) is 4.29. The van der Waals surface area contributed by atoms with E-state index < -0.39 is 5.97 Å². The van der Waals surface area contributed by atoms with Crippen molar-refractivity contribution in [3.8, 4) is 6.07 Å². The van der Waals surface area contributed by atoms with Crippen LogP contribution in [0.2, 0.25) is 0 Å². The summed E-state index contributed by atoms with van der Waals surface area (Å²) in [4.78, 5) is 22.0. The monoisotopic (exact) mass is 260 g/mol. The van der Waals surface area contributed by atoms with Gasteiger partial charge in [-0.1, -0.05) is 6.07 Å². The summed E-state index contributed by atoms with van der Waals surface area (Å²) in [6.07, 6.45) is 1.38. The summed E-state index contributed by atoms with van der Waals surface area (Å²) in [6.45, 7) is 1.85. The average Bonchev–Trinajstić information content (AvgIpc) is 2.37. The van der Waals surface area contributed by atoms with E-state index in [1.165, 1.54) is 0 Å². The number of anilines is 1. The fourth-order valence-corrected chi connectivity index (χ4v) is 1.60. The van der Waals surface area contributed by atoms with Crippen LogP contribution in [0.1, 0.15) is 36.8 Å². The van der Waals surface area contributed by atoms with E-state index in [0.717, 1.165) is 5.56 Å². The zero-order valence-corrected chi connectivity index (χ0v) is 10.8. The number of benzene rings is 1. The fourth-order valence-electron chi connectivity index (χ4n) is 1.60. The molecule has 0 fully saturated rings. The Balaban J connectivity index is 2.48. The van der Waals surface area contributed by atoms with Crippen molar-refractivity contribution >= 4 is 17.6 Å². The quantitative estimate of drug-likeness (QED) is 0.769. The topological polar surface area (TPSA) is 90.2 Å². The van der Waals surface area contributed by atoms with Gasteiger partial charge in [0.25, 0.3) is 0 Å². The molecular weight excluding hydrogens is 244 g/mol. The zero-order chi connectivity index (χ0) is 14.3. The summed E-state index contributed by atoms with van der Waals surface area (Å²) in [5, 5.41) is 20.0. The van der Waals surface area contributed by atoms with Gasteiger partial charge in [-0.05, 0) is 37.5 Å². The van der Waals surface area contributed by atoms with Crippen molar-refractivity contribution in [2.75, 3.05) is 5.32 Å². The van der Waals surface area contributed by atoms with E-state index in [4.69, 9.17) is 10.4 Å². The van der Waals surface area contributed by atoms with E-state index in [1.807, 2.05) is 13.0 Å². The summed E-state index contributed by atoms with van der Waals surface area (Å²) in [5.41, 5.74) is 2.01. The normalized spacial score (nSPS) is 9.68. The van der Waals surface area contributed by atoms with Crippen molar-refractivity contribution in [3.63, 3.8) is 0 Å². The molecule has 0 aliphatic carbocycles. The molecule has 1 aromatic carbocycles. The molecule has 0 saturated heterocycles. The number of carbonyl (C=O) groups excluding carboxylic acids is 1. The molecular formula is C14H16N2O3. The van der Waals surface area contributed by atoms with Gasteiger partial charge in [-0.2, -0.15) is 5.26 Å². The molecule has 100 valence electrons. The van der Waals surface area contributed by atoms with E-state index >= 15 is 0 Å². The molecule has 0 atom stereocenters. The van der Waals surface area contributed by atoms with Crippen LogP contribution in [-0.2, 0) is 9.59 Å². The number of carbonyl (C=O) groups is 2. The maximum Gasteiger partial charge on any atom is 0.303 e. The minimum absolute atomic E-state index is 0.0796. The minimum atomic E-state index is -0.849. The molecule has 1 amide bonds. The molecule has 0 heterocycles. The van der Waals surface area contributed by atoms with Crippen molar-refractivity contribution in [1.29, 1.82) is 5.26 Å². The first-order chi connectivity index (χ1) is 9.02. The second-order valence-electron chi connectivity index (χ2n) is 4.29. The molecule has 0 unspecified atom stereocenters. The highest BCUT2D eigenvalue weighted by Crippen LogP contribution is 2.17. The molecule has 0 aromatic heterocycles. The van der Waals surface area contributed by atoms with Gasteiger partial charge in [0.05, 0.1) is 11.6 Å². The van der Waals surface area contributed by atoms with Gasteiger partial charge in [0.1, 0.15) is 0 Å². The van der Waals surface area contributed by atoms with Crippen LogP contribution in [0.15, 0.2) is 18.2 Å². The third-order valence-corrected chi connectivity index (χ3v) is 2.69. The summed E-state index contributed by atoms with van der Waals surface area (Å²) in [6, 6.07) is 7.11. The Bertz CT molecular complexity index is 518. The number of nitriles is 1. The number of aryl methyl sites for hydroxylation is 1. The number of aliphatic carboxylic acids is 1. The number of carboxylic acid groups (broad SMARTS) is 1. The van der Waals surface area contributed by atoms with Gasteiger partial charge in [0.15, 0.2) is 0 Å². The average molecular weight is 260 g/mol. The van der Waals surface area contributed by atoms with Crippen LogP contribution < -0.4 is 5.32 Å². The number of nitrogens with zero attached hydrogens (tertiary/aromatic N) is 1. The lowest BCUT2D eigenvalue weighted by Gasteiger charge is -2.08. The van der Waals surface area contributed by atoms with Crippen LogP contribution in [0.3, 0.4) is 0 Å². The van der Waals surface area contributed by atoms with Gasteiger partial charge >= 0.3 is 5.97 Å². The summed E-state index contributed by atoms with van der Waals surface area (Å²) in [7, 11) is 0. The minimum Gasteiger partial charge on any atom is -0.481 e. The Hall–Kier alpha value is -2.35. The van der Waals surface area contributed by atoms with Gasteiger partial charge in [-0.25, -0.2) is 0 Å². The summed E-state index contributed by atoms with van der Waals surface area (Å²) >= 11 is 0. The molecule has 0 spiro atoms. The number of amides is 1. The SMILES string of the molecule is Cc1ccc(C#N)cc1NC(=O)CCCCC(=O)O. The van der Waals surface area contributed by atoms with Gasteiger partial charge in [-0.15, -0.1) is 0 Å². The van der Waals surface area contributed by atoms with Gasteiger partial charge in [0.2, 0.25) is 5.91 Å². The first-order valence-corrected chi connectivity index (χ1v) is 6.05. The van der Waals surface area contributed by atoms with Crippen LogP contribution in [-0.4, -0.2) is 17.0 Å². The number of rotatable bonds is 6. The second kappa shape index (κ2) is 7.17. The molecule has 1 aromatic rings. The largest absolute Gasteiger partial charge is 0.481 e. The van der Waals surface area contributed by atoms with Gasteiger partial charge in [0, 0.05) is 18.5 Å². The first-order valence-electron chi connectivity index (χ1n) is 6.05. The predicted molar refractivity (Wildman–Crippen MR) is 70.6 cm³/mol. The third kappa shape index (κ3) is 5.21. The molecule has 1 rings (SSSR count). The number of hydrogen-bond acceptors (Lipinski definition) is 3. The van der Waals surface area contributed by atoms with Crippen LogP contribution >= 0.6 is 0 Å². The number of carboxylic acids is 1. The molecule has 0 bridgehead atoms. The van der Waals surface area contributed by atoms with Crippen molar-refractivity contribution in [3.05, 3.63) is 29.3 Å². The molecule has 0 aliphatic rings. The summed E-state index contributed by atoms with van der Waals surface area (Å²) in [5.74, 6) is -1.01. The molecule has 19 heavy (non-hydrogen) atoms. The lowest BCUT2D eigenvalue weighted by atomic mass is 10.1. The Morgan fingerprint density at radius 1 is 1.32 bits per heavy atom. The van der Waals surface area contributed by atoms with Crippen molar-refractivity contribution in [1.82, 2.24) is 0 Å². The Morgan fingerprint density at radius 3 is 2.63 bits per heavy atom. The van der Waals surface area contributed by atoms with Crippen LogP contribution in [0, 0.1) is 18.3 Å². The number of hydrogen-bond donors (Lipinski definition) is 2. The van der Waals surface area contributed by atoms with Crippen LogP contribution in [0.5, 0.6) is 0 Å². The van der Waals surface area contributed by atoms with E-state index in [1.54, 1.807) is 18.2 Å². The summed E-state index contributed by atoms with van der Waals surface area (Å²) < 4.78 is 0. The standard InChI is InChI=1S/C14H16N2O3/c1-10-6-7-11(9-15)8-12(10)16-13(17)4-2-3-5-14(18)19/h6-8H,2-5H2,1H3,(H,16,17)(H,18,19). The Kier molecular flexibility index (Phi) is 5.55. The van der Waals surface area contributed by atoms with E-state index in [-0.39, 0.29) is 18.7 Å². The highest BCUT2D eigenvalue weighted by molar-refractivity contribution is 5.91. The van der Waals surface area contributed by atoms with Crippen molar-refractivity contribution < 1.29 is 14.7 Å². The van der Waals surface area contributed by atoms with E-state index in [2.05, 4.69) is 5.32 Å². The van der Waals surface area contributed by atoms with Crippen LogP contribution in [0.25, 0.3) is 0 Å². The highest BCUT2D eigenvalue weighted by Gasteiger charge is 2.06. The Morgan fingerprint density at radius 2 is 2.00 bits per heavy atom. The maximum atomic E-state index is 11.7.